The summed E-state index contributed by atoms with van der Waals surface area (Å²) < 4.78 is 0. The normalized spacial score (nSPS) is 14.1. The molecule has 0 aliphatic heterocycles. The summed E-state index contributed by atoms with van der Waals surface area (Å²) in [6.07, 6.45) is 0.892. The number of carboxylic acids is 1. The van der Waals surface area contributed by atoms with E-state index in [-0.39, 0.29) is 31.3 Å². The second kappa shape index (κ2) is 17.0. The fourth-order valence-electron chi connectivity index (χ4n) is 3.05. The molecular weight excluding hydrogens is 474 g/mol. The van der Waals surface area contributed by atoms with Crippen LogP contribution in [0, 0.1) is 5.92 Å². The highest BCUT2D eigenvalue weighted by molar-refractivity contribution is 5.96. The van der Waals surface area contributed by atoms with Gasteiger partial charge in [-0.15, -0.1) is 0 Å². The highest BCUT2D eigenvalue weighted by Gasteiger charge is 2.31. The molecule has 0 rings (SSSR count). The lowest BCUT2D eigenvalue weighted by atomic mass is 10.0. The number of unbranched alkanes of at least 4 members (excludes halogenated alkanes) is 1. The van der Waals surface area contributed by atoms with E-state index in [4.69, 9.17) is 28.7 Å². The SMILES string of the molecule is CC(C)C(N)C(=O)NC(CCCN=C(N)N)C(=O)NC(CC(N)=O)C(=O)NC(CCCCN)C(=O)O. The van der Waals surface area contributed by atoms with Crippen molar-refractivity contribution in [2.24, 2.45) is 39.6 Å². The molecule has 0 saturated heterocycles. The average molecular weight is 516 g/mol. The van der Waals surface area contributed by atoms with Crippen LogP contribution in [0.2, 0.25) is 0 Å². The quantitative estimate of drug-likeness (QED) is 0.0494. The minimum Gasteiger partial charge on any atom is -0.480 e. The van der Waals surface area contributed by atoms with Crippen LogP contribution in [0.5, 0.6) is 0 Å². The Morgan fingerprint density at radius 3 is 1.83 bits per heavy atom. The smallest absolute Gasteiger partial charge is 0.326 e. The van der Waals surface area contributed by atoms with Crippen LogP contribution >= 0.6 is 0 Å². The van der Waals surface area contributed by atoms with E-state index in [1.807, 2.05) is 0 Å². The maximum atomic E-state index is 13.0. The lowest BCUT2D eigenvalue weighted by Gasteiger charge is -2.25. The second-order valence-electron chi connectivity index (χ2n) is 8.70. The zero-order chi connectivity index (χ0) is 27.8. The van der Waals surface area contributed by atoms with E-state index in [1.165, 1.54) is 0 Å². The molecule has 0 radical (unpaired) electrons. The van der Waals surface area contributed by atoms with Crippen LogP contribution in [0.4, 0.5) is 0 Å². The van der Waals surface area contributed by atoms with Crippen LogP contribution in [0.1, 0.15) is 52.4 Å². The van der Waals surface area contributed by atoms with Crippen molar-refractivity contribution in [3.05, 3.63) is 0 Å². The van der Waals surface area contributed by atoms with E-state index >= 15 is 0 Å². The van der Waals surface area contributed by atoms with Gasteiger partial charge >= 0.3 is 5.97 Å². The van der Waals surface area contributed by atoms with Crippen molar-refractivity contribution in [1.82, 2.24) is 16.0 Å². The molecule has 0 fully saturated rings. The van der Waals surface area contributed by atoms with E-state index in [0.717, 1.165) is 0 Å². The third-order valence-corrected chi connectivity index (χ3v) is 5.20. The van der Waals surface area contributed by atoms with Gasteiger partial charge in [0.05, 0.1) is 12.5 Å². The minimum atomic E-state index is -1.47. The van der Waals surface area contributed by atoms with Crippen LogP contribution in [-0.2, 0) is 24.0 Å². The predicted octanol–water partition coefficient (Wildman–Crippen LogP) is -3.43. The Labute approximate surface area is 210 Å². The summed E-state index contributed by atoms with van der Waals surface area (Å²) in [5.41, 5.74) is 27.1. The van der Waals surface area contributed by atoms with Gasteiger partial charge in [0.1, 0.15) is 18.1 Å². The molecule has 15 heteroatoms. The van der Waals surface area contributed by atoms with Crippen molar-refractivity contribution in [1.29, 1.82) is 0 Å². The second-order valence-corrected chi connectivity index (χ2v) is 8.70. The van der Waals surface area contributed by atoms with Crippen molar-refractivity contribution < 1.29 is 29.1 Å². The molecule has 206 valence electrons. The number of nitrogens with zero attached hydrogens (tertiary/aromatic N) is 1. The maximum Gasteiger partial charge on any atom is 0.326 e. The van der Waals surface area contributed by atoms with Gasteiger partial charge in [-0.1, -0.05) is 13.8 Å². The Morgan fingerprint density at radius 2 is 1.33 bits per heavy atom. The van der Waals surface area contributed by atoms with Gasteiger partial charge in [-0.25, -0.2) is 4.79 Å². The first-order valence-corrected chi connectivity index (χ1v) is 11.7. The number of nitrogens with one attached hydrogen (secondary N) is 3. The number of carboxylic acid groups (broad SMARTS) is 1. The first-order valence-electron chi connectivity index (χ1n) is 11.7. The number of hydrogen-bond donors (Lipinski definition) is 9. The number of hydrogen-bond acceptors (Lipinski definition) is 8. The Morgan fingerprint density at radius 1 is 0.806 bits per heavy atom. The molecule has 0 aromatic carbocycles. The monoisotopic (exact) mass is 515 g/mol. The predicted molar refractivity (Wildman–Crippen MR) is 133 cm³/mol. The summed E-state index contributed by atoms with van der Waals surface area (Å²) in [4.78, 5) is 65.1. The van der Waals surface area contributed by atoms with Crippen molar-refractivity contribution in [2.75, 3.05) is 13.1 Å². The average Bonchev–Trinajstić information content (AvgIpc) is 2.78. The van der Waals surface area contributed by atoms with Crippen LogP contribution in [-0.4, -0.2) is 77.9 Å². The maximum absolute atomic E-state index is 13.0. The van der Waals surface area contributed by atoms with Crippen LogP contribution < -0.4 is 44.6 Å². The molecule has 0 saturated carbocycles. The Hall–Kier alpha value is -3.46. The number of rotatable bonds is 18. The van der Waals surface area contributed by atoms with Crippen molar-refractivity contribution >= 4 is 35.6 Å². The number of amides is 4. The van der Waals surface area contributed by atoms with Crippen molar-refractivity contribution in [3.8, 4) is 0 Å². The first kappa shape index (κ1) is 32.5. The molecule has 4 unspecified atom stereocenters. The molecule has 0 aromatic rings. The van der Waals surface area contributed by atoms with E-state index in [2.05, 4.69) is 20.9 Å². The number of nitrogens with two attached hydrogens (primary N) is 5. The van der Waals surface area contributed by atoms with Gasteiger partial charge in [-0.3, -0.25) is 24.2 Å². The van der Waals surface area contributed by atoms with Gasteiger partial charge in [-0.2, -0.15) is 0 Å². The van der Waals surface area contributed by atoms with E-state index in [1.54, 1.807) is 13.8 Å². The fraction of sp³-hybridized carbons (Fsp3) is 0.714. The highest BCUT2D eigenvalue weighted by Crippen LogP contribution is 2.06. The fourth-order valence-corrected chi connectivity index (χ4v) is 3.05. The zero-order valence-corrected chi connectivity index (χ0v) is 20.9. The summed E-state index contributed by atoms with van der Waals surface area (Å²) in [6.45, 7) is 4.00. The lowest BCUT2D eigenvalue weighted by Crippen LogP contribution is -2.58. The largest absolute Gasteiger partial charge is 0.480 e. The molecule has 0 heterocycles. The molecule has 0 bridgehead atoms. The minimum absolute atomic E-state index is 0.0842. The zero-order valence-electron chi connectivity index (χ0n) is 20.9. The Balaban J connectivity index is 5.58. The molecule has 0 aromatic heterocycles. The van der Waals surface area contributed by atoms with Crippen molar-refractivity contribution in [3.63, 3.8) is 0 Å². The number of carbonyl (C=O) groups excluding carboxylic acids is 4. The molecule has 0 spiro atoms. The number of primary amides is 1. The Kier molecular flexibility index (Phi) is 15.4. The first-order chi connectivity index (χ1) is 16.8. The van der Waals surface area contributed by atoms with Gasteiger partial charge < -0.3 is 49.7 Å². The van der Waals surface area contributed by atoms with Gasteiger partial charge in [0.2, 0.25) is 23.6 Å². The molecule has 0 aliphatic rings. The summed E-state index contributed by atoms with van der Waals surface area (Å²) in [6, 6.07) is -4.76. The molecule has 4 atom stereocenters. The number of aliphatic carboxylic acids is 1. The van der Waals surface area contributed by atoms with E-state index in [0.29, 0.717) is 25.8 Å². The summed E-state index contributed by atoms with van der Waals surface area (Å²) in [5, 5.41) is 16.6. The summed E-state index contributed by atoms with van der Waals surface area (Å²) in [5.74, 6) is -4.82. The molecular formula is C21H41N9O6. The van der Waals surface area contributed by atoms with Gasteiger partial charge in [0.15, 0.2) is 5.96 Å². The molecule has 36 heavy (non-hydrogen) atoms. The number of carbonyl (C=O) groups is 5. The molecule has 14 N–H and O–H groups in total. The van der Waals surface area contributed by atoms with Gasteiger partial charge in [-0.05, 0) is 44.6 Å². The Bertz CT molecular complexity index is 786. The summed E-state index contributed by atoms with van der Waals surface area (Å²) >= 11 is 0. The molecule has 4 amide bonds. The van der Waals surface area contributed by atoms with Gasteiger partial charge in [0.25, 0.3) is 0 Å². The summed E-state index contributed by atoms with van der Waals surface area (Å²) in [7, 11) is 0. The van der Waals surface area contributed by atoms with E-state index in [9.17, 15) is 29.1 Å². The van der Waals surface area contributed by atoms with E-state index < -0.39 is 60.2 Å². The standard InChI is InChI=1S/C21H41N9O6/c1-11(2)16(24)19(34)28-12(7-5-9-27-21(25)26)17(32)30-14(10-15(23)31)18(33)29-13(20(35)36)6-3-4-8-22/h11-14,16H,3-10,22,24H2,1-2H3,(H2,23,31)(H,28,34)(H,29,33)(H,30,32)(H,35,36)(H4,25,26,27). The number of guanidine groups is 1. The molecule has 15 nitrogen and oxygen atoms in total. The number of aliphatic imine (C=N–C) groups is 1. The lowest BCUT2D eigenvalue weighted by molar-refractivity contribution is -0.142. The topological polar surface area (TPSA) is 284 Å². The van der Waals surface area contributed by atoms with Gasteiger partial charge in [0, 0.05) is 6.54 Å². The molecule has 0 aliphatic carbocycles. The third kappa shape index (κ3) is 13.4. The van der Waals surface area contributed by atoms with Crippen LogP contribution in [0.3, 0.4) is 0 Å². The third-order valence-electron chi connectivity index (χ3n) is 5.20. The van der Waals surface area contributed by atoms with Crippen molar-refractivity contribution in [2.45, 2.75) is 76.5 Å². The van der Waals surface area contributed by atoms with Crippen LogP contribution in [0.15, 0.2) is 4.99 Å². The highest BCUT2D eigenvalue weighted by atomic mass is 16.4. The van der Waals surface area contributed by atoms with Crippen LogP contribution in [0.25, 0.3) is 0 Å².